The first kappa shape index (κ1) is 9.21. The summed E-state index contributed by atoms with van der Waals surface area (Å²) >= 11 is 0. The van der Waals surface area contributed by atoms with Crippen molar-refractivity contribution in [3.63, 3.8) is 0 Å². The molecule has 0 spiro atoms. The summed E-state index contributed by atoms with van der Waals surface area (Å²) < 4.78 is 4.84. The average molecular weight is 195 g/mol. The van der Waals surface area contributed by atoms with Crippen LogP contribution in [0.1, 0.15) is 18.6 Å². The highest BCUT2D eigenvalue weighted by Gasteiger charge is 2.48. The van der Waals surface area contributed by atoms with Gasteiger partial charge in [0.15, 0.2) is 5.82 Å². The van der Waals surface area contributed by atoms with Crippen molar-refractivity contribution in [1.29, 1.82) is 0 Å². The molecule has 1 heterocycles. The molecule has 1 aromatic heterocycles. The molecule has 2 rings (SSSR count). The SMILES string of the molecule is Cc1cc(NC(=O)C2(CN)CC2)no1. The molecule has 0 atom stereocenters. The maximum absolute atomic E-state index is 11.7. The lowest BCUT2D eigenvalue weighted by Gasteiger charge is -2.09. The number of rotatable bonds is 3. The van der Waals surface area contributed by atoms with E-state index in [4.69, 9.17) is 10.3 Å². The van der Waals surface area contributed by atoms with Crippen molar-refractivity contribution in [2.24, 2.45) is 11.1 Å². The standard InChI is InChI=1S/C9H13N3O2/c1-6-4-7(12-14-6)11-8(13)9(5-10)2-3-9/h4H,2-3,5,10H2,1H3,(H,11,12,13). The number of carbonyl (C=O) groups is 1. The molecule has 1 amide bonds. The highest BCUT2D eigenvalue weighted by Crippen LogP contribution is 2.45. The van der Waals surface area contributed by atoms with E-state index in [1.807, 2.05) is 0 Å². The molecule has 1 aromatic rings. The molecule has 76 valence electrons. The third kappa shape index (κ3) is 1.50. The van der Waals surface area contributed by atoms with Crippen LogP contribution in [0.15, 0.2) is 10.6 Å². The second-order valence-electron chi connectivity index (χ2n) is 3.76. The topological polar surface area (TPSA) is 81.2 Å². The van der Waals surface area contributed by atoms with Crippen LogP contribution in [0.4, 0.5) is 5.82 Å². The summed E-state index contributed by atoms with van der Waals surface area (Å²) in [5.74, 6) is 1.10. The molecule has 0 aromatic carbocycles. The Morgan fingerprint density at radius 1 is 1.79 bits per heavy atom. The first-order valence-corrected chi connectivity index (χ1v) is 4.61. The van der Waals surface area contributed by atoms with Crippen molar-refractivity contribution < 1.29 is 9.32 Å². The van der Waals surface area contributed by atoms with E-state index in [2.05, 4.69) is 10.5 Å². The molecular formula is C9H13N3O2. The van der Waals surface area contributed by atoms with Gasteiger partial charge < -0.3 is 15.6 Å². The third-order valence-corrected chi connectivity index (χ3v) is 2.60. The molecule has 5 nitrogen and oxygen atoms in total. The minimum absolute atomic E-state index is 0.0479. The average Bonchev–Trinajstić information content (AvgIpc) is 2.87. The van der Waals surface area contributed by atoms with Crippen LogP contribution in [0.2, 0.25) is 0 Å². The first-order valence-electron chi connectivity index (χ1n) is 4.61. The molecular weight excluding hydrogens is 182 g/mol. The van der Waals surface area contributed by atoms with Gasteiger partial charge in [0.1, 0.15) is 5.76 Å². The molecule has 3 N–H and O–H groups in total. The van der Waals surface area contributed by atoms with E-state index in [-0.39, 0.29) is 11.3 Å². The molecule has 1 fully saturated rings. The van der Waals surface area contributed by atoms with Gasteiger partial charge in [-0.3, -0.25) is 4.79 Å². The van der Waals surface area contributed by atoms with Gasteiger partial charge in [-0.25, -0.2) is 0 Å². The molecule has 0 bridgehead atoms. The maximum Gasteiger partial charge on any atom is 0.233 e. The van der Waals surface area contributed by atoms with Gasteiger partial charge in [-0.05, 0) is 19.8 Å². The van der Waals surface area contributed by atoms with Gasteiger partial charge in [-0.2, -0.15) is 0 Å². The van der Waals surface area contributed by atoms with E-state index in [1.165, 1.54) is 0 Å². The zero-order valence-electron chi connectivity index (χ0n) is 8.04. The molecule has 0 aliphatic heterocycles. The maximum atomic E-state index is 11.7. The normalized spacial score (nSPS) is 17.9. The van der Waals surface area contributed by atoms with Crippen molar-refractivity contribution in [2.45, 2.75) is 19.8 Å². The monoisotopic (exact) mass is 195 g/mol. The van der Waals surface area contributed by atoms with E-state index in [9.17, 15) is 4.79 Å². The van der Waals surface area contributed by atoms with Crippen molar-refractivity contribution >= 4 is 11.7 Å². The minimum Gasteiger partial charge on any atom is -0.360 e. The summed E-state index contributed by atoms with van der Waals surface area (Å²) in [7, 11) is 0. The Morgan fingerprint density at radius 3 is 2.93 bits per heavy atom. The largest absolute Gasteiger partial charge is 0.360 e. The predicted octanol–water partition coefficient (Wildman–Crippen LogP) is 0.660. The lowest BCUT2D eigenvalue weighted by molar-refractivity contribution is -0.120. The molecule has 0 radical (unpaired) electrons. The van der Waals surface area contributed by atoms with Gasteiger partial charge >= 0.3 is 0 Å². The predicted molar refractivity (Wildman–Crippen MR) is 50.6 cm³/mol. The van der Waals surface area contributed by atoms with Crippen LogP contribution in [-0.4, -0.2) is 17.6 Å². The van der Waals surface area contributed by atoms with E-state index < -0.39 is 0 Å². The Hall–Kier alpha value is -1.36. The van der Waals surface area contributed by atoms with Crippen LogP contribution in [0, 0.1) is 12.3 Å². The summed E-state index contributed by atoms with van der Waals surface area (Å²) in [6.45, 7) is 2.17. The van der Waals surface area contributed by atoms with Crippen molar-refractivity contribution in [3.8, 4) is 0 Å². The number of amides is 1. The molecule has 0 unspecified atom stereocenters. The quantitative estimate of drug-likeness (QED) is 0.742. The fourth-order valence-corrected chi connectivity index (χ4v) is 1.35. The third-order valence-electron chi connectivity index (χ3n) is 2.60. The zero-order valence-corrected chi connectivity index (χ0v) is 8.04. The number of aryl methyl sites for hydroxylation is 1. The van der Waals surface area contributed by atoms with Crippen LogP contribution >= 0.6 is 0 Å². The smallest absolute Gasteiger partial charge is 0.233 e. The number of hydrogen-bond acceptors (Lipinski definition) is 4. The van der Waals surface area contributed by atoms with E-state index in [0.29, 0.717) is 18.1 Å². The second-order valence-corrected chi connectivity index (χ2v) is 3.76. The highest BCUT2D eigenvalue weighted by atomic mass is 16.5. The minimum atomic E-state index is -0.340. The summed E-state index contributed by atoms with van der Waals surface area (Å²) in [4.78, 5) is 11.7. The molecule has 1 aliphatic carbocycles. The summed E-state index contributed by atoms with van der Waals surface area (Å²) in [6, 6.07) is 1.69. The molecule has 0 saturated heterocycles. The Kier molecular flexibility index (Phi) is 2.03. The Bertz CT molecular complexity index is 355. The highest BCUT2D eigenvalue weighted by molar-refractivity contribution is 5.96. The first-order chi connectivity index (χ1) is 6.66. The second kappa shape index (κ2) is 3.09. The fourth-order valence-electron chi connectivity index (χ4n) is 1.35. The summed E-state index contributed by atoms with van der Waals surface area (Å²) in [6.07, 6.45) is 1.73. The van der Waals surface area contributed by atoms with Crippen LogP contribution < -0.4 is 11.1 Å². The van der Waals surface area contributed by atoms with Gasteiger partial charge in [0.25, 0.3) is 0 Å². The number of hydrogen-bond donors (Lipinski definition) is 2. The molecule has 5 heteroatoms. The fraction of sp³-hybridized carbons (Fsp3) is 0.556. The number of anilines is 1. The van der Waals surface area contributed by atoms with Gasteiger partial charge in [0.05, 0.1) is 5.41 Å². The van der Waals surface area contributed by atoms with E-state index >= 15 is 0 Å². The van der Waals surface area contributed by atoms with Gasteiger partial charge in [-0.1, -0.05) is 5.16 Å². The van der Waals surface area contributed by atoms with Crippen molar-refractivity contribution in [3.05, 3.63) is 11.8 Å². The number of carbonyl (C=O) groups excluding carboxylic acids is 1. The number of nitrogens with two attached hydrogens (primary N) is 1. The number of nitrogens with zero attached hydrogens (tertiary/aromatic N) is 1. The zero-order chi connectivity index (χ0) is 10.2. The van der Waals surface area contributed by atoms with E-state index in [1.54, 1.807) is 13.0 Å². The molecule has 14 heavy (non-hydrogen) atoms. The Labute approximate surface area is 81.6 Å². The van der Waals surface area contributed by atoms with Crippen LogP contribution in [0.25, 0.3) is 0 Å². The molecule has 1 saturated carbocycles. The number of aromatic nitrogens is 1. The van der Waals surface area contributed by atoms with Gasteiger partial charge in [0.2, 0.25) is 5.91 Å². The Morgan fingerprint density at radius 2 is 2.50 bits per heavy atom. The van der Waals surface area contributed by atoms with Crippen molar-refractivity contribution in [2.75, 3.05) is 11.9 Å². The lowest BCUT2D eigenvalue weighted by atomic mass is 10.1. The van der Waals surface area contributed by atoms with Gasteiger partial charge in [-0.15, -0.1) is 0 Å². The molecule has 1 aliphatic rings. The van der Waals surface area contributed by atoms with Crippen LogP contribution in [0.3, 0.4) is 0 Å². The van der Waals surface area contributed by atoms with Crippen LogP contribution in [0.5, 0.6) is 0 Å². The summed E-state index contributed by atoms with van der Waals surface area (Å²) in [5.41, 5.74) is 5.18. The van der Waals surface area contributed by atoms with E-state index in [0.717, 1.165) is 12.8 Å². The van der Waals surface area contributed by atoms with Crippen molar-refractivity contribution in [1.82, 2.24) is 5.16 Å². The van der Waals surface area contributed by atoms with Gasteiger partial charge in [0, 0.05) is 12.6 Å². The Balaban J connectivity index is 2.01. The lowest BCUT2D eigenvalue weighted by Crippen LogP contribution is -2.30. The summed E-state index contributed by atoms with van der Waals surface area (Å²) in [5, 5.41) is 6.38. The number of nitrogens with one attached hydrogen (secondary N) is 1. The van der Waals surface area contributed by atoms with Crippen LogP contribution in [-0.2, 0) is 4.79 Å².